The molecule has 25 heteroatoms. The van der Waals surface area contributed by atoms with Gasteiger partial charge in [-0.1, -0.05) is 48.6 Å². The lowest BCUT2D eigenvalue weighted by Crippen LogP contribution is -2.71. The molecule has 4 aromatic rings. The normalized spacial score (nSPS) is 29.2. The Bertz CT molecular complexity index is 3390. The Balaban J connectivity index is 1.13. The molecule has 0 radical (unpaired) electrons. The molecule has 3 fully saturated rings. The number of aliphatic hydroxyl groups is 2. The predicted molar refractivity (Wildman–Crippen MR) is 257 cm³/mol. The molecule has 4 bridgehead atoms. The first-order valence-corrected chi connectivity index (χ1v) is 23.8. The highest BCUT2D eigenvalue weighted by atomic mass is 16.9. The minimum Gasteiger partial charge on any atom is -0.504 e. The molecule has 7 aliphatic rings. The second-order valence-electron chi connectivity index (χ2n) is 19.5. The van der Waals surface area contributed by atoms with Crippen LogP contribution in [0.15, 0.2) is 120 Å². The van der Waals surface area contributed by atoms with Gasteiger partial charge in [-0.15, -0.1) is 0 Å². The molecule has 14 N–H and O–H groups in total. The van der Waals surface area contributed by atoms with Crippen LogP contribution in [-0.4, -0.2) is 143 Å². The molecule has 0 aromatic heterocycles. The lowest BCUT2D eigenvalue weighted by molar-refractivity contribution is -0.357. The molecule has 1 spiro atoms. The molecule has 6 aliphatic carbocycles. The molecule has 1 aliphatic heterocycles. The number of phenolic OH excluding ortho intramolecular Hbond substituents is 8. The Morgan fingerprint density at radius 3 is 1.35 bits per heavy atom. The highest BCUT2D eigenvalue weighted by Gasteiger charge is 2.84. The van der Waals surface area contributed by atoms with Crippen molar-refractivity contribution in [3.05, 3.63) is 143 Å². The smallest absolute Gasteiger partial charge is 0.345 e. The van der Waals surface area contributed by atoms with E-state index in [0.717, 1.165) is 72.8 Å². The molecule has 1 saturated heterocycles. The van der Waals surface area contributed by atoms with E-state index in [-0.39, 0.29) is 33.4 Å². The standard InChI is InChI=1S/C54H46O25/c55-29-7-1-21(13-33(29)59)15-37(48(66)67)76-39(63)11-5-23-17-27-41(24-3-9-31(57)35(61)19-24)44(50(70)71)43(23)47(65)52(27)78-53(74)28-18-26(6-12-40(64)77-38(49(68)69)16-22-2-8-30(56)34(60)14-22)46(54(53,75)79-52)45(51(72)73)42(28)25-4-10-32(58)36(62)20-25/h1-14,17-20,27-28,37-38,41-46,55-62,74-75H,15-16H2,(H,66,67)(H,68,69)(H,70,71)(H,72,73)/b11-5+,12-6+/t27-,28-,37+,38+,41+,42+,43+,44+,45+,46+,52+,53+,54-/m1/s1. The van der Waals surface area contributed by atoms with E-state index < -0.39 is 177 Å². The minimum absolute atomic E-state index is 0.105. The highest BCUT2D eigenvalue weighted by Crippen LogP contribution is 2.70. The number of ketones is 1. The quantitative estimate of drug-likeness (QED) is 0.0434. The number of esters is 2. The molecule has 4 aromatic carbocycles. The average Bonchev–Trinajstić information content (AvgIpc) is 2.17. The third-order valence-corrected chi connectivity index (χ3v) is 14.9. The molecule has 412 valence electrons. The van der Waals surface area contributed by atoms with E-state index in [1.807, 2.05) is 0 Å². The summed E-state index contributed by atoms with van der Waals surface area (Å²) in [5.74, 6) is -40.7. The topological polar surface area (TPSA) is 440 Å². The van der Waals surface area contributed by atoms with Crippen molar-refractivity contribution in [3.63, 3.8) is 0 Å². The van der Waals surface area contributed by atoms with Crippen molar-refractivity contribution in [1.29, 1.82) is 0 Å². The van der Waals surface area contributed by atoms with E-state index in [1.165, 1.54) is 24.3 Å². The molecule has 13 atom stereocenters. The molecular weight excluding hydrogens is 1050 g/mol. The number of carbonyl (C=O) groups excluding carboxylic acids is 3. The lowest BCUT2D eigenvalue weighted by Gasteiger charge is -2.57. The van der Waals surface area contributed by atoms with Crippen LogP contribution in [0.25, 0.3) is 0 Å². The maximum Gasteiger partial charge on any atom is 0.345 e. The van der Waals surface area contributed by atoms with Gasteiger partial charge < -0.3 is 90.4 Å². The zero-order chi connectivity index (χ0) is 57.4. The number of fused-ring (bicyclic) bond motifs is 2. The summed E-state index contributed by atoms with van der Waals surface area (Å²) in [5.41, 5.74) is -0.589. The fraction of sp³-hybridized carbons (Fsp3) is 0.278. The van der Waals surface area contributed by atoms with Gasteiger partial charge in [-0.3, -0.25) is 14.4 Å². The van der Waals surface area contributed by atoms with Gasteiger partial charge in [0, 0.05) is 48.7 Å². The first kappa shape index (κ1) is 54.4. The number of carboxylic acid groups (broad SMARTS) is 4. The van der Waals surface area contributed by atoms with Crippen molar-refractivity contribution in [2.75, 3.05) is 0 Å². The summed E-state index contributed by atoms with van der Waals surface area (Å²) in [4.78, 5) is 93.8. The summed E-state index contributed by atoms with van der Waals surface area (Å²) in [7, 11) is 0. The average molecular weight is 1090 g/mol. The van der Waals surface area contributed by atoms with Gasteiger partial charge in [0.1, 0.15) is 0 Å². The van der Waals surface area contributed by atoms with Gasteiger partial charge in [-0.25, -0.2) is 19.2 Å². The van der Waals surface area contributed by atoms with E-state index in [4.69, 9.17) is 18.9 Å². The monoisotopic (exact) mass is 1090 g/mol. The molecule has 79 heavy (non-hydrogen) atoms. The third-order valence-electron chi connectivity index (χ3n) is 14.9. The van der Waals surface area contributed by atoms with Crippen LogP contribution in [0.5, 0.6) is 46.0 Å². The summed E-state index contributed by atoms with van der Waals surface area (Å²) < 4.78 is 23.1. The second kappa shape index (κ2) is 19.9. The van der Waals surface area contributed by atoms with Crippen molar-refractivity contribution in [2.45, 2.75) is 54.2 Å². The number of rotatable bonds is 16. The fourth-order valence-electron chi connectivity index (χ4n) is 11.5. The number of phenols is 8. The zero-order valence-corrected chi connectivity index (χ0v) is 40.3. The maximum atomic E-state index is 15.5. The molecule has 11 rings (SSSR count). The van der Waals surface area contributed by atoms with Gasteiger partial charge in [-0.2, -0.15) is 0 Å². The minimum atomic E-state index is -3.42. The number of hydrogen-bond acceptors (Lipinski definition) is 21. The molecule has 2 saturated carbocycles. The SMILES string of the molecule is O=C(/C=C/C1=C[C@@H]2[C@H](c3ccc(O)c(O)c3)[C@H](C(=O)O)[C@H]1C(=O)[C@]21O[C@@]2(O)[C@@H]3C=C(/C=C/C(=O)O[C@@H](Cc4ccc(O)c(O)c4)C(=O)O)[C@@H]([C@@H](C(=O)O)[C@H]3c3ccc(O)c(O)c3)[C@@]2(O)O1)O[C@@H](Cc1ccc(O)c(O)c1)C(=O)O. The summed E-state index contributed by atoms with van der Waals surface area (Å²) in [6.07, 6.45) is 0.561. The number of Topliss-reactive ketones (excluding diaryl/α,β-unsaturated/α-hetero) is 1. The molecule has 1 heterocycles. The van der Waals surface area contributed by atoms with E-state index in [0.29, 0.717) is 12.2 Å². The number of carbonyl (C=O) groups is 7. The summed E-state index contributed by atoms with van der Waals surface area (Å²) in [6.45, 7) is 0. The van der Waals surface area contributed by atoms with Crippen molar-refractivity contribution in [3.8, 4) is 46.0 Å². The van der Waals surface area contributed by atoms with Gasteiger partial charge in [0.15, 0.2) is 46.0 Å². The summed E-state index contributed by atoms with van der Waals surface area (Å²) in [6, 6.07) is 12.9. The first-order valence-electron chi connectivity index (χ1n) is 23.8. The Kier molecular flexibility index (Phi) is 13.7. The number of hydrogen-bond donors (Lipinski definition) is 14. The van der Waals surface area contributed by atoms with Crippen LogP contribution in [0.2, 0.25) is 0 Å². The second-order valence-corrected chi connectivity index (χ2v) is 19.5. The van der Waals surface area contributed by atoms with Gasteiger partial charge >= 0.3 is 35.8 Å². The molecule has 25 nitrogen and oxygen atoms in total. The Labute approximate surface area is 442 Å². The predicted octanol–water partition coefficient (Wildman–Crippen LogP) is 2.25. The number of aromatic hydroxyl groups is 8. The zero-order valence-electron chi connectivity index (χ0n) is 40.3. The lowest BCUT2D eigenvalue weighted by atomic mass is 9.52. The number of carboxylic acids is 4. The number of benzene rings is 4. The maximum absolute atomic E-state index is 15.5. The fourth-order valence-corrected chi connectivity index (χ4v) is 11.5. The first-order chi connectivity index (χ1) is 37.2. The Morgan fingerprint density at radius 1 is 0.519 bits per heavy atom. The van der Waals surface area contributed by atoms with Crippen LogP contribution in [0.4, 0.5) is 0 Å². The molecule has 0 amide bonds. The summed E-state index contributed by atoms with van der Waals surface area (Å²) in [5, 5.41) is 149. The van der Waals surface area contributed by atoms with Crippen LogP contribution in [0.3, 0.4) is 0 Å². The van der Waals surface area contributed by atoms with E-state index in [2.05, 4.69) is 0 Å². The Morgan fingerprint density at radius 2 is 0.924 bits per heavy atom. The number of ether oxygens (including phenoxy) is 4. The van der Waals surface area contributed by atoms with Gasteiger partial charge in [0.05, 0.1) is 23.7 Å². The van der Waals surface area contributed by atoms with Crippen LogP contribution in [-0.2, 0) is 65.4 Å². The third kappa shape index (κ3) is 9.22. The van der Waals surface area contributed by atoms with E-state index in [1.54, 1.807) is 0 Å². The van der Waals surface area contributed by atoms with Gasteiger partial charge in [0.2, 0.25) is 35.4 Å². The van der Waals surface area contributed by atoms with Gasteiger partial charge in [-0.05, 0) is 81.9 Å². The molecule has 0 unspecified atom stereocenters. The van der Waals surface area contributed by atoms with E-state index >= 15 is 4.79 Å². The van der Waals surface area contributed by atoms with Crippen LogP contribution >= 0.6 is 0 Å². The van der Waals surface area contributed by atoms with E-state index in [9.17, 15) is 100 Å². The largest absolute Gasteiger partial charge is 0.504 e. The van der Waals surface area contributed by atoms with Crippen molar-refractivity contribution >= 4 is 41.6 Å². The van der Waals surface area contributed by atoms with Crippen molar-refractivity contribution in [2.24, 2.45) is 35.5 Å². The Hall–Kier alpha value is -9.43. The summed E-state index contributed by atoms with van der Waals surface area (Å²) >= 11 is 0. The number of allylic oxidation sites excluding steroid dienone is 3. The van der Waals surface area contributed by atoms with Crippen LogP contribution < -0.4 is 0 Å². The van der Waals surface area contributed by atoms with Crippen molar-refractivity contribution in [1.82, 2.24) is 0 Å². The highest BCUT2D eigenvalue weighted by molar-refractivity contribution is 5.99. The van der Waals surface area contributed by atoms with Crippen molar-refractivity contribution < 1.29 is 124 Å². The van der Waals surface area contributed by atoms with Crippen LogP contribution in [0.1, 0.15) is 34.1 Å². The molecular formula is C54H46O25. The number of aliphatic carboxylic acids is 4. The van der Waals surface area contributed by atoms with Crippen LogP contribution in [0, 0.1) is 35.5 Å². The van der Waals surface area contributed by atoms with Gasteiger partial charge in [0.25, 0.3) is 0 Å².